The Labute approximate surface area is 191 Å². The van der Waals surface area contributed by atoms with Crippen LogP contribution in [0.2, 0.25) is 10.0 Å². The Morgan fingerprint density at radius 2 is 1.61 bits per heavy atom. The van der Waals surface area contributed by atoms with E-state index in [1.165, 1.54) is 19.2 Å². The van der Waals surface area contributed by atoms with E-state index in [2.05, 4.69) is 5.32 Å². The van der Waals surface area contributed by atoms with E-state index >= 15 is 0 Å². The highest BCUT2D eigenvalue weighted by atomic mass is 35.5. The minimum absolute atomic E-state index is 0.0298. The van der Waals surface area contributed by atoms with Gasteiger partial charge in [0.2, 0.25) is 5.91 Å². The predicted octanol–water partition coefficient (Wildman–Crippen LogP) is 4.51. The van der Waals surface area contributed by atoms with Crippen molar-refractivity contribution in [2.45, 2.75) is 11.4 Å². The molecule has 162 valence electrons. The molecule has 0 heterocycles. The number of amides is 1. The maximum absolute atomic E-state index is 13.3. The molecule has 3 rings (SSSR count). The molecule has 9 heteroatoms. The maximum atomic E-state index is 13.3. The Morgan fingerprint density at radius 3 is 2.23 bits per heavy atom. The van der Waals surface area contributed by atoms with Crippen molar-refractivity contribution in [3.63, 3.8) is 0 Å². The zero-order valence-electron chi connectivity index (χ0n) is 16.6. The second-order valence-electron chi connectivity index (χ2n) is 6.53. The zero-order chi connectivity index (χ0) is 22.4. The molecule has 0 saturated heterocycles. The van der Waals surface area contributed by atoms with Crippen molar-refractivity contribution in [1.82, 2.24) is 5.32 Å². The third-order valence-electron chi connectivity index (χ3n) is 4.48. The summed E-state index contributed by atoms with van der Waals surface area (Å²) < 4.78 is 32.8. The summed E-state index contributed by atoms with van der Waals surface area (Å²) in [5, 5.41) is 3.69. The van der Waals surface area contributed by atoms with Gasteiger partial charge in [-0.15, -0.1) is 0 Å². The normalized spacial score (nSPS) is 11.1. The number of ether oxygens (including phenoxy) is 1. The summed E-state index contributed by atoms with van der Waals surface area (Å²) in [6.45, 7) is -0.240. The fourth-order valence-corrected chi connectivity index (χ4v) is 4.57. The topological polar surface area (TPSA) is 75.7 Å². The number of carbonyl (C=O) groups is 1. The standard InChI is InChI=1S/C22H20Cl2N2O4S/c1-30-19-10-12-20(13-11-19)31(28,29)26(18-8-6-17(23)7-9-18)15-22(27)25-14-16-4-2-3-5-21(16)24/h2-13H,14-15H2,1H3,(H,25,27). The van der Waals surface area contributed by atoms with Crippen molar-refractivity contribution in [3.05, 3.63) is 88.4 Å². The molecule has 0 aromatic heterocycles. The summed E-state index contributed by atoms with van der Waals surface area (Å²) in [6.07, 6.45) is 0. The average Bonchev–Trinajstić information content (AvgIpc) is 2.77. The fourth-order valence-electron chi connectivity index (χ4n) is 2.82. The Kier molecular flexibility index (Phi) is 7.43. The molecule has 0 radical (unpaired) electrons. The van der Waals surface area contributed by atoms with Crippen LogP contribution in [0.5, 0.6) is 5.75 Å². The third kappa shape index (κ3) is 5.70. The Balaban J connectivity index is 1.86. The van der Waals surface area contributed by atoms with Gasteiger partial charge in [-0.3, -0.25) is 9.10 Å². The molecule has 0 bridgehead atoms. The van der Waals surface area contributed by atoms with Crippen LogP contribution in [0.4, 0.5) is 5.69 Å². The lowest BCUT2D eigenvalue weighted by molar-refractivity contribution is -0.119. The molecule has 0 atom stereocenters. The van der Waals surface area contributed by atoms with E-state index in [0.717, 1.165) is 9.87 Å². The Bertz CT molecular complexity index is 1150. The number of benzene rings is 3. The van der Waals surface area contributed by atoms with E-state index in [1.54, 1.807) is 54.6 Å². The van der Waals surface area contributed by atoms with Gasteiger partial charge in [0.05, 0.1) is 17.7 Å². The lowest BCUT2D eigenvalue weighted by atomic mass is 10.2. The highest BCUT2D eigenvalue weighted by molar-refractivity contribution is 7.92. The first kappa shape index (κ1) is 22.9. The van der Waals surface area contributed by atoms with Crippen LogP contribution >= 0.6 is 23.2 Å². The van der Waals surface area contributed by atoms with Gasteiger partial charge in [-0.1, -0.05) is 41.4 Å². The van der Waals surface area contributed by atoms with Crippen LogP contribution in [0.25, 0.3) is 0 Å². The van der Waals surface area contributed by atoms with Gasteiger partial charge >= 0.3 is 0 Å². The van der Waals surface area contributed by atoms with Crippen LogP contribution in [-0.2, 0) is 21.4 Å². The summed E-state index contributed by atoms with van der Waals surface area (Å²) in [5.41, 5.74) is 1.04. The SMILES string of the molecule is COc1ccc(S(=O)(=O)N(CC(=O)NCc2ccccc2Cl)c2ccc(Cl)cc2)cc1. The summed E-state index contributed by atoms with van der Waals surface area (Å²) in [6, 6.07) is 19.3. The second kappa shape index (κ2) is 10.0. The van der Waals surface area contributed by atoms with E-state index in [9.17, 15) is 13.2 Å². The molecule has 0 fully saturated rings. The van der Waals surface area contributed by atoms with Crippen molar-refractivity contribution in [1.29, 1.82) is 0 Å². The summed E-state index contributed by atoms with van der Waals surface area (Å²) in [5.74, 6) is 0.0430. The molecular formula is C22H20Cl2N2O4S. The molecule has 0 aliphatic rings. The number of hydrogen-bond donors (Lipinski definition) is 1. The van der Waals surface area contributed by atoms with Crippen LogP contribution in [0.3, 0.4) is 0 Å². The van der Waals surface area contributed by atoms with Crippen LogP contribution in [0.15, 0.2) is 77.7 Å². The Hall–Kier alpha value is -2.74. The lowest BCUT2D eigenvalue weighted by Crippen LogP contribution is -2.40. The first-order chi connectivity index (χ1) is 14.8. The Morgan fingerprint density at radius 1 is 0.968 bits per heavy atom. The molecule has 6 nitrogen and oxygen atoms in total. The smallest absolute Gasteiger partial charge is 0.264 e. The number of carbonyl (C=O) groups excluding carboxylic acids is 1. The van der Waals surface area contributed by atoms with Gasteiger partial charge in [0.15, 0.2) is 0 Å². The molecule has 0 spiro atoms. The van der Waals surface area contributed by atoms with E-state index in [1.807, 2.05) is 6.07 Å². The average molecular weight is 479 g/mol. The number of sulfonamides is 1. The van der Waals surface area contributed by atoms with Crippen molar-refractivity contribution >= 4 is 44.8 Å². The number of halogens is 2. The van der Waals surface area contributed by atoms with Crippen molar-refractivity contribution in [3.8, 4) is 5.75 Å². The molecular weight excluding hydrogens is 459 g/mol. The van der Waals surface area contributed by atoms with E-state index < -0.39 is 22.5 Å². The highest BCUT2D eigenvalue weighted by Crippen LogP contribution is 2.26. The van der Waals surface area contributed by atoms with Crippen LogP contribution in [0.1, 0.15) is 5.56 Å². The number of hydrogen-bond acceptors (Lipinski definition) is 4. The predicted molar refractivity (Wildman–Crippen MR) is 122 cm³/mol. The third-order valence-corrected chi connectivity index (χ3v) is 6.89. The van der Waals surface area contributed by atoms with Gasteiger partial charge in [0, 0.05) is 16.6 Å². The van der Waals surface area contributed by atoms with Gasteiger partial charge in [0.1, 0.15) is 12.3 Å². The maximum Gasteiger partial charge on any atom is 0.264 e. The van der Waals surface area contributed by atoms with Gasteiger partial charge < -0.3 is 10.1 Å². The molecule has 0 unspecified atom stereocenters. The number of nitrogens with zero attached hydrogens (tertiary/aromatic N) is 1. The van der Waals surface area contributed by atoms with Gasteiger partial charge in [-0.05, 0) is 60.2 Å². The number of anilines is 1. The molecule has 1 amide bonds. The second-order valence-corrected chi connectivity index (χ2v) is 9.24. The van der Waals surface area contributed by atoms with Gasteiger partial charge in [0.25, 0.3) is 10.0 Å². The molecule has 0 saturated carbocycles. The zero-order valence-corrected chi connectivity index (χ0v) is 18.9. The number of methoxy groups -OCH3 is 1. The molecule has 3 aromatic carbocycles. The monoisotopic (exact) mass is 478 g/mol. The minimum atomic E-state index is -4.03. The minimum Gasteiger partial charge on any atom is -0.497 e. The first-order valence-corrected chi connectivity index (χ1v) is 11.4. The van der Waals surface area contributed by atoms with E-state index in [4.69, 9.17) is 27.9 Å². The lowest BCUT2D eigenvalue weighted by Gasteiger charge is -2.24. The van der Waals surface area contributed by atoms with Crippen molar-refractivity contribution in [2.75, 3.05) is 18.0 Å². The van der Waals surface area contributed by atoms with E-state index in [-0.39, 0.29) is 11.4 Å². The number of rotatable bonds is 8. The number of nitrogens with one attached hydrogen (secondary N) is 1. The molecule has 31 heavy (non-hydrogen) atoms. The van der Waals surface area contributed by atoms with Crippen molar-refractivity contribution < 1.29 is 17.9 Å². The highest BCUT2D eigenvalue weighted by Gasteiger charge is 2.27. The molecule has 0 aliphatic carbocycles. The van der Waals surface area contributed by atoms with Crippen LogP contribution in [0, 0.1) is 0 Å². The van der Waals surface area contributed by atoms with Gasteiger partial charge in [-0.2, -0.15) is 0 Å². The first-order valence-electron chi connectivity index (χ1n) is 9.24. The molecule has 1 N–H and O–H groups in total. The van der Waals surface area contributed by atoms with Crippen LogP contribution in [-0.4, -0.2) is 28.0 Å². The summed E-state index contributed by atoms with van der Waals surface area (Å²) in [7, 11) is -2.54. The largest absolute Gasteiger partial charge is 0.497 e. The van der Waals surface area contributed by atoms with E-state index in [0.29, 0.717) is 21.5 Å². The van der Waals surface area contributed by atoms with Crippen LogP contribution < -0.4 is 14.4 Å². The quantitative estimate of drug-likeness (QED) is 0.516. The van der Waals surface area contributed by atoms with Crippen molar-refractivity contribution in [2.24, 2.45) is 0 Å². The fraction of sp³-hybridized carbons (Fsp3) is 0.136. The summed E-state index contributed by atoms with van der Waals surface area (Å²) in [4.78, 5) is 12.7. The summed E-state index contributed by atoms with van der Waals surface area (Å²) >= 11 is 12.1. The molecule has 3 aromatic rings. The van der Waals surface area contributed by atoms with Gasteiger partial charge in [-0.25, -0.2) is 8.42 Å². The molecule has 0 aliphatic heterocycles.